The smallest absolute Gasteiger partial charge is 0.338 e. The van der Waals surface area contributed by atoms with Crippen LogP contribution < -0.4 is 5.32 Å². The molecule has 9 heteroatoms. The first-order chi connectivity index (χ1) is 16.0. The van der Waals surface area contributed by atoms with Crippen LogP contribution in [0.5, 0.6) is 0 Å². The zero-order valence-electron chi connectivity index (χ0n) is 17.9. The molecule has 0 aliphatic heterocycles. The molecule has 4 rings (SSSR count). The van der Waals surface area contributed by atoms with Crippen LogP contribution in [0, 0.1) is 0 Å². The Kier molecular flexibility index (Phi) is 7.27. The van der Waals surface area contributed by atoms with Crippen LogP contribution in [0.4, 0.5) is 5.69 Å². The molecule has 0 fully saturated rings. The standard InChI is InChI=1S/C24H20ClN3O3S2/c1-3-31-24(30)16-6-10-18(11-7-16)28-21(29)14(2)33-23-20-19(12-32-22(20)26-13-27-23)15-4-8-17(25)9-5-15/h4-14H,3H2,1-2H3,(H,28,29). The molecule has 6 nitrogen and oxygen atoms in total. The number of carbonyl (C=O) groups is 2. The molecular formula is C24H20ClN3O3S2. The van der Waals surface area contributed by atoms with Crippen LogP contribution in [0.1, 0.15) is 24.2 Å². The number of anilines is 1. The number of halogens is 1. The number of esters is 1. The summed E-state index contributed by atoms with van der Waals surface area (Å²) in [5.41, 5.74) is 3.07. The molecular weight excluding hydrogens is 478 g/mol. The first kappa shape index (κ1) is 23.2. The molecule has 2 aromatic carbocycles. The van der Waals surface area contributed by atoms with E-state index < -0.39 is 5.25 Å². The van der Waals surface area contributed by atoms with Crippen molar-refractivity contribution in [3.63, 3.8) is 0 Å². The fourth-order valence-corrected chi connectivity index (χ4v) is 5.19. The van der Waals surface area contributed by atoms with Crippen molar-refractivity contribution < 1.29 is 14.3 Å². The Morgan fingerprint density at radius 1 is 1.12 bits per heavy atom. The largest absolute Gasteiger partial charge is 0.462 e. The summed E-state index contributed by atoms with van der Waals surface area (Å²) in [5.74, 6) is -0.557. The van der Waals surface area contributed by atoms with E-state index in [1.165, 1.54) is 29.4 Å². The number of rotatable bonds is 7. The number of amides is 1. The Morgan fingerprint density at radius 2 is 1.85 bits per heavy atom. The molecule has 0 aliphatic carbocycles. The molecule has 0 radical (unpaired) electrons. The summed E-state index contributed by atoms with van der Waals surface area (Å²) in [7, 11) is 0. The monoisotopic (exact) mass is 497 g/mol. The molecule has 0 saturated carbocycles. The quantitative estimate of drug-likeness (QED) is 0.183. The van der Waals surface area contributed by atoms with Gasteiger partial charge in [-0.05, 0) is 55.8 Å². The van der Waals surface area contributed by atoms with Crippen LogP contribution in [-0.2, 0) is 9.53 Å². The highest BCUT2D eigenvalue weighted by molar-refractivity contribution is 8.00. The number of aromatic nitrogens is 2. The van der Waals surface area contributed by atoms with E-state index in [-0.39, 0.29) is 11.9 Å². The van der Waals surface area contributed by atoms with Gasteiger partial charge in [0.2, 0.25) is 5.91 Å². The van der Waals surface area contributed by atoms with Crippen LogP contribution in [0.15, 0.2) is 65.3 Å². The van der Waals surface area contributed by atoms with Gasteiger partial charge in [0.1, 0.15) is 16.2 Å². The lowest BCUT2D eigenvalue weighted by atomic mass is 10.1. The zero-order valence-corrected chi connectivity index (χ0v) is 20.3. The van der Waals surface area contributed by atoms with Gasteiger partial charge in [-0.1, -0.05) is 35.5 Å². The van der Waals surface area contributed by atoms with E-state index in [2.05, 4.69) is 15.3 Å². The van der Waals surface area contributed by atoms with Crippen molar-refractivity contribution in [2.24, 2.45) is 0 Å². The summed E-state index contributed by atoms with van der Waals surface area (Å²) in [6.45, 7) is 3.90. The van der Waals surface area contributed by atoms with E-state index in [0.717, 1.165) is 26.4 Å². The molecule has 2 aromatic heterocycles. The predicted octanol–water partition coefficient (Wildman–Crippen LogP) is 6.31. The van der Waals surface area contributed by atoms with Crippen LogP contribution >= 0.6 is 34.7 Å². The second-order valence-electron chi connectivity index (χ2n) is 7.06. The number of ether oxygens (including phenoxy) is 1. The number of hydrogen-bond donors (Lipinski definition) is 1. The topological polar surface area (TPSA) is 81.2 Å². The summed E-state index contributed by atoms with van der Waals surface area (Å²) in [5, 5.41) is 6.86. The lowest BCUT2D eigenvalue weighted by Gasteiger charge is -2.13. The highest BCUT2D eigenvalue weighted by Crippen LogP contribution is 2.39. The molecule has 1 N–H and O–H groups in total. The minimum absolute atomic E-state index is 0.168. The van der Waals surface area contributed by atoms with Crippen LogP contribution in [0.25, 0.3) is 21.3 Å². The average Bonchev–Trinajstić information content (AvgIpc) is 3.25. The summed E-state index contributed by atoms with van der Waals surface area (Å²) in [4.78, 5) is 34.3. The van der Waals surface area contributed by atoms with Crippen LogP contribution in [0.3, 0.4) is 0 Å². The molecule has 0 spiro atoms. The minimum atomic E-state index is -0.411. The van der Waals surface area contributed by atoms with Crippen LogP contribution in [-0.4, -0.2) is 33.7 Å². The highest BCUT2D eigenvalue weighted by atomic mass is 35.5. The normalized spacial score (nSPS) is 11.8. The summed E-state index contributed by atoms with van der Waals surface area (Å²) in [6.07, 6.45) is 1.52. The first-order valence-electron chi connectivity index (χ1n) is 10.2. The van der Waals surface area contributed by atoms with E-state index in [0.29, 0.717) is 22.9 Å². The van der Waals surface area contributed by atoms with Crippen molar-refractivity contribution in [3.8, 4) is 11.1 Å². The number of fused-ring (bicyclic) bond motifs is 1. The Labute approximate surface area is 204 Å². The van der Waals surface area contributed by atoms with Crippen LogP contribution in [0.2, 0.25) is 5.02 Å². The average molecular weight is 498 g/mol. The second-order valence-corrected chi connectivity index (χ2v) is 9.69. The molecule has 168 valence electrons. The van der Waals surface area contributed by atoms with E-state index in [1.54, 1.807) is 31.2 Å². The van der Waals surface area contributed by atoms with Crippen molar-refractivity contribution in [1.82, 2.24) is 9.97 Å². The fraction of sp³-hybridized carbons (Fsp3) is 0.167. The van der Waals surface area contributed by atoms with Gasteiger partial charge in [-0.3, -0.25) is 4.79 Å². The number of carbonyl (C=O) groups excluding carboxylic acids is 2. The van der Waals surface area contributed by atoms with Crippen molar-refractivity contribution in [3.05, 3.63) is 70.8 Å². The molecule has 1 unspecified atom stereocenters. The third-order valence-corrected chi connectivity index (χ3v) is 7.05. The number of thiophene rings is 1. The lowest BCUT2D eigenvalue weighted by molar-refractivity contribution is -0.115. The van der Waals surface area contributed by atoms with Gasteiger partial charge in [-0.25, -0.2) is 14.8 Å². The first-order valence-corrected chi connectivity index (χ1v) is 12.3. The molecule has 0 saturated heterocycles. The predicted molar refractivity (Wildman–Crippen MR) is 134 cm³/mol. The van der Waals surface area contributed by atoms with Gasteiger partial charge in [0.05, 0.1) is 22.8 Å². The summed E-state index contributed by atoms with van der Waals surface area (Å²) in [6, 6.07) is 14.2. The Balaban J connectivity index is 1.51. The van der Waals surface area contributed by atoms with Gasteiger partial charge in [0.25, 0.3) is 0 Å². The van der Waals surface area contributed by atoms with E-state index in [9.17, 15) is 9.59 Å². The molecule has 0 bridgehead atoms. The minimum Gasteiger partial charge on any atom is -0.462 e. The number of nitrogens with zero attached hydrogens (tertiary/aromatic N) is 2. The maximum absolute atomic E-state index is 12.8. The number of thioether (sulfide) groups is 1. The second kappa shape index (κ2) is 10.3. The van der Waals surface area contributed by atoms with E-state index >= 15 is 0 Å². The Hall–Kier alpha value is -2.94. The number of nitrogens with one attached hydrogen (secondary N) is 1. The van der Waals surface area contributed by atoms with Gasteiger partial charge in [-0.15, -0.1) is 11.3 Å². The molecule has 1 amide bonds. The summed E-state index contributed by atoms with van der Waals surface area (Å²) >= 11 is 8.95. The van der Waals surface area contributed by atoms with Crippen molar-refractivity contribution in [1.29, 1.82) is 0 Å². The molecule has 4 aromatic rings. The van der Waals surface area contributed by atoms with Gasteiger partial charge in [0.15, 0.2) is 0 Å². The Bertz CT molecular complexity index is 1290. The summed E-state index contributed by atoms with van der Waals surface area (Å²) < 4.78 is 4.98. The van der Waals surface area contributed by atoms with E-state index in [4.69, 9.17) is 16.3 Å². The van der Waals surface area contributed by atoms with Gasteiger partial charge >= 0.3 is 5.97 Å². The number of benzene rings is 2. The Morgan fingerprint density at radius 3 is 2.55 bits per heavy atom. The fourth-order valence-electron chi connectivity index (χ4n) is 3.15. The van der Waals surface area contributed by atoms with Gasteiger partial charge < -0.3 is 10.1 Å². The molecule has 1 atom stereocenters. The van der Waals surface area contributed by atoms with Gasteiger partial charge in [0, 0.05) is 21.7 Å². The lowest BCUT2D eigenvalue weighted by Crippen LogP contribution is -2.22. The number of hydrogen-bond acceptors (Lipinski definition) is 7. The van der Waals surface area contributed by atoms with Crippen molar-refractivity contribution in [2.45, 2.75) is 24.1 Å². The van der Waals surface area contributed by atoms with Crippen molar-refractivity contribution >= 4 is 62.5 Å². The molecule has 33 heavy (non-hydrogen) atoms. The van der Waals surface area contributed by atoms with E-state index in [1.807, 2.05) is 36.6 Å². The maximum atomic E-state index is 12.8. The third kappa shape index (κ3) is 5.35. The maximum Gasteiger partial charge on any atom is 0.338 e. The SMILES string of the molecule is CCOC(=O)c1ccc(NC(=O)C(C)Sc2ncnc3scc(-c4ccc(Cl)cc4)c23)cc1. The highest BCUT2D eigenvalue weighted by Gasteiger charge is 2.20. The van der Waals surface area contributed by atoms with Gasteiger partial charge in [-0.2, -0.15) is 0 Å². The zero-order chi connectivity index (χ0) is 23.4. The molecule has 2 heterocycles. The third-order valence-electron chi connectivity index (χ3n) is 4.81. The molecule has 0 aliphatic rings. The van der Waals surface area contributed by atoms with Crippen molar-refractivity contribution in [2.75, 3.05) is 11.9 Å².